The second-order valence-electron chi connectivity index (χ2n) is 7.56. The van der Waals surface area contributed by atoms with E-state index < -0.39 is 0 Å². The molecular formula is C25H23Cl2N3O. The van der Waals surface area contributed by atoms with Crippen molar-refractivity contribution in [3.8, 4) is 0 Å². The highest BCUT2D eigenvalue weighted by Crippen LogP contribution is 2.26. The van der Waals surface area contributed by atoms with E-state index in [4.69, 9.17) is 28.2 Å². The van der Waals surface area contributed by atoms with Crippen LogP contribution in [0.3, 0.4) is 0 Å². The molecule has 1 heterocycles. The second-order valence-corrected chi connectivity index (χ2v) is 8.40. The van der Waals surface area contributed by atoms with Crippen LogP contribution in [0.15, 0.2) is 72.8 Å². The van der Waals surface area contributed by atoms with Gasteiger partial charge in [-0.3, -0.25) is 4.79 Å². The predicted molar refractivity (Wildman–Crippen MR) is 127 cm³/mol. The maximum atomic E-state index is 12.6. The number of halogens is 2. The number of hydrogen-bond acceptors (Lipinski definition) is 2. The molecule has 0 bridgehead atoms. The molecule has 4 aromatic rings. The second kappa shape index (κ2) is 9.54. The Morgan fingerprint density at radius 1 is 1.03 bits per heavy atom. The van der Waals surface area contributed by atoms with Crippen LogP contribution in [0.25, 0.3) is 11.0 Å². The lowest BCUT2D eigenvalue weighted by Gasteiger charge is -2.17. The fourth-order valence-corrected chi connectivity index (χ4v) is 4.16. The number of rotatable bonds is 7. The Labute approximate surface area is 191 Å². The van der Waals surface area contributed by atoms with E-state index in [-0.39, 0.29) is 11.9 Å². The monoisotopic (exact) mass is 451 g/mol. The van der Waals surface area contributed by atoms with Crippen molar-refractivity contribution in [2.75, 3.05) is 0 Å². The quantitative estimate of drug-likeness (QED) is 0.363. The maximum absolute atomic E-state index is 12.6. The van der Waals surface area contributed by atoms with Gasteiger partial charge in [0.05, 0.1) is 23.6 Å². The Hall–Kier alpha value is -2.82. The van der Waals surface area contributed by atoms with Crippen molar-refractivity contribution in [3.63, 3.8) is 0 Å². The molecular weight excluding hydrogens is 429 g/mol. The molecule has 4 rings (SSSR count). The lowest BCUT2D eigenvalue weighted by molar-refractivity contribution is -0.121. The average Bonchev–Trinajstić information content (AvgIpc) is 3.13. The van der Waals surface area contributed by atoms with Crippen LogP contribution in [0.2, 0.25) is 10.0 Å². The Balaban J connectivity index is 1.56. The summed E-state index contributed by atoms with van der Waals surface area (Å²) in [5.41, 5.74) is 3.97. The summed E-state index contributed by atoms with van der Waals surface area (Å²) < 4.78 is 2.10. The molecule has 0 saturated heterocycles. The highest BCUT2D eigenvalue weighted by molar-refractivity contribution is 6.35. The molecule has 1 N–H and O–H groups in total. The number of aryl methyl sites for hydroxylation is 1. The van der Waals surface area contributed by atoms with Crippen molar-refractivity contribution in [1.82, 2.24) is 14.9 Å². The molecule has 6 heteroatoms. The zero-order chi connectivity index (χ0) is 21.8. The maximum Gasteiger partial charge on any atom is 0.220 e. The zero-order valence-corrected chi connectivity index (χ0v) is 18.7. The van der Waals surface area contributed by atoms with Crippen molar-refractivity contribution in [2.24, 2.45) is 0 Å². The molecule has 158 valence electrons. The minimum atomic E-state index is -0.248. The lowest BCUT2D eigenvalue weighted by Crippen LogP contribution is -2.29. The molecule has 0 aliphatic carbocycles. The summed E-state index contributed by atoms with van der Waals surface area (Å²) in [5.74, 6) is 0.791. The minimum absolute atomic E-state index is 0.000477. The third-order valence-corrected chi connectivity index (χ3v) is 5.86. The molecule has 1 amide bonds. The first-order chi connectivity index (χ1) is 15.0. The fourth-order valence-electron chi connectivity index (χ4n) is 3.69. The summed E-state index contributed by atoms with van der Waals surface area (Å²) in [7, 11) is 0. The van der Waals surface area contributed by atoms with Crippen LogP contribution in [0, 0.1) is 0 Å². The lowest BCUT2D eigenvalue weighted by atomic mass is 10.1. The van der Waals surface area contributed by atoms with Gasteiger partial charge in [-0.05, 0) is 48.7 Å². The molecule has 4 nitrogen and oxygen atoms in total. The van der Waals surface area contributed by atoms with E-state index in [0.29, 0.717) is 29.4 Å². The first kappa shape index (κ1) is 21.4. The Morgan fingerprint density at radius 2 is 1.77 bits per heavy atom. The van der Waals surface area contributed by atoms with E-state index in [0.717, 1.165) is 28.0 Å². The van der Waals surface area contributed by atoms with Gasteiger partial charge in [-0.2, -0.15) is 0 Å². The van der Waals surface area contributed by atoms with Crippen LogP contribution in [0.4, 0.5) is 0 Å². The van der Waals surface area contributed by atoms with Crippen LogP contribution in [-0.4, -0.2) is 15.5 Å². The molecule has 3 aromatic carbocycles. The number of fused-ring (bicyclic) bond motifs is 1. The van der Waals surface area contributed by atoms with E-state index >= 15 is 0 Å². The predicted octanol–water partition coefficient (Wildman–Crippen LogP) is 6.20. The number of benzene rings is 3. The van der Waals surface area contributed by atoms with Gasteiger partial charge in [-0.15, -0.1) is 0 Å². The Morgan fingerprint density at radius 3 is 2.55 bits per heavy atom. The van der Waals surface area contributed by atoms with Crippen molar-refractivity contribution in [1.29, 1.82) is 0 Å². The molecule has 0 spiro atoms. The van der Waals surface area contributed by atoms with Gasteiger partial charge < -0.3 is 9.88 Å². The number of nitrogens with zero attached hydrogens (tertiary/aromatic N) is 2. The third kappa shape index (κ3) is 5.09. The van der Waals surface area contributed by atoms with Gasteiger partial charge in [0.25, 0.3) is 0 Å². The third-order valence-electron chi connectivity index (χ3n) is 5.28. The molecule has 0 fully saturated rings. The van der Waals surface area contributed by atoms with Gasteiger partial charge in [0, 0.05) is 16.5 Å². The largest absolute Gasteiger partial charge is 0.346 e. The molecule has 1 unspecified atom stereocenters. The molecule has 0 saturated carbocycles. The molecule has 1 aromatic heterocycles. The topological polar surface area (TPSA) is 46.9 Å². The fraction of sp³-hybridized carbons (Fsp3) is 0.200. The highest BCUT2D eigenvalue weighted by atomic mass is 35.5. The number of nitrogens with one attached hydrogen (secondary N) is 1. The summed E-state index contributed by atoms with van der Waals surface area (Å²) in [5, 5.41) is 4.31. The summed E-state index contributed by atoms with van der Waals surface area (Å²) >= 11 is 12.5. The number of imidazole rings is 1. The van der Waals surface area contributed by atoms with Crippen molar-refractivity contribution in [3.05, 3.63) is 99.8 Å². The van der Waals surface area contributed by atoms with Crippen molar-refractivity contribution in [2.45, 2.75) is 32.4 Å². The molecule has 31 heavy (non-hydrogen) atoms. The van der Waals surface area contributed by atoms with Crippen LogP contribution in [0.1, 0.15) is 36.3 Å². The van der Waals surface area contributed by atoms with Crippen LogP contribution in [0.5, 0.6) is 0 Å². The molecule has 0 aliphatic heterocycles. The highest BCUT2D eigenvalue weighted by Gasteiger charge is 2.19. The summed E-state index contributed by atoms with van der Waals surface area (Å²) in [6.45, 7) is 2.50. The summed E-state index contributed by atoms with van der Waals surface area (Å²) in [6.07, 6.45) is 1.13. The number of carbonyl (C=O) groups excluding carboxylic acids is 1. The SMILES string of the molecule is CC(NC(=O)CCc1ccccc1)c1nc2ccccc2n1Cc1ccc(Cl)cc1Cl. The van der Waals surface area contributed by atoms with E-state index in [1.54, 1.807) is 6.07 Å². The number of para-hydroxylation sites is 2. The van der Waals surface area contributed by atoms with Gasteiger partial charge in [-0.1, -0.05) is 71.7 Å². The Kier molecular flexibility index (Phi) is 6.59. The first-order valence-electron chi connectivity index (χ1n) is 10.2. The Bertz CT molecular complexity index is 1200. The molecule has 0 aliphatic rings. The van der Waals surface area contributed by atoms with E-state index in [2.05, 4.69) is 9.88 Å². The standard InChI is InChI=1S/C25H23Cl2N3O/c1-17(28-24(31)14-11-18-7-3-2-4-8-18)25-29-22-9-5-6-10-23(22)30(25)16-19-12-13-20(26)15-21(19)27/h2-10,12-13,15,17H,11,14,16H2,1H3,(H,28,31). The molecule has 0 radical (unpaired) electrons. The van der Waals surface area contributed by atoms with Gasteiger partial charge in [0.1, 0.15) is 5.82 Å². The van der Waals surface area contributed by atoms with Crippen LogP contribution < -0.4 is 5.32 Å². The number of hydrogen-bond donors (Lipinski definition) is 1. The smallest absolute Gasteiger partial charge is 0.220 e. The average molecular weight is 452 g/mol. The summed E-state index contributed by atoms with van der Waals surface area (Å²) in [4.78, 5) is 17.4. The van der Waals surface area contributed by atoms with Crippen molar-refractivity contribution < 1.29 is 4.79 Å². The zero-order valence-electron chi connectivity index (χ0n) is 17.2. The minimum Gasteiger partial charge on any atom is -0.346 e. The van der Waals surface area contributed by atoms with Gasteiger partial charge in [-0.25, -0.2) is 4.98 Å². The van der Waals surface area contributed by atoms with E-state index in [1.165, 1.54) is 0 Å². The van der Waals surface area contributed by atoms with E-state index in [1.807, 2.05) is 73.7 Å². The van der Waals surface area contributed by atoms with Crippen molar-refractivity contribution >= 4 is 40.1 Å². The summed E-state index contributed by atoms with van der Waals surface area (Å²) in [6, 6.07) is 23.2. The van der Waals surface area contributed by atoms with Gasteiger partial charge in [0.2, 0.25) is 5.91 Å². The van der Waals surface area contributed by atoms with Crippen LogP contribution >= 0.6 is 23.2 Å². The normalized spacial score (nSPS) is 12.1. The number of aromatic nitrogens is 2. The number of carbonyl (C=O) groups is 1. The van der Waals surface area contributed by atoms with Crippen LogP contribution in [-0.2, 0) is 17.8 Å². The number of amides is 1. The van der Waals surface area contributed by atoms with Gasteiger partial charge >= 0.3 is 0 Å². The van der Waals surface area contributed by atoms with Gasteiger partial charge in [0.15, 0.2) is 0 Å². The first-order valence-corrected chi connectivity index (χ1v) is 11.0. The molecule has 1 atom stereocenters. The van der Waals surface area contributed by atoms with E-state index in [9.17, 15) is 4.79 Å².